The van der Waals surface area contributed by atoms with Gasteiger partial charge in [-0.25, -0.2) is 0 Å². The van der Waals surface area contributed by atoms with Crippen LogP contribution in [-0.4, -0.2) is 99.6 Å². The fourth-order valence-electron chi connectivity index (χ4n) is 12.0. The largest absolute Gasteiger partial charge is 0.454 e. The molecular formula is C72H139NO10. The molecule has 0 radical (unpaired) electrons. The second kappa shape index (κ2) is 60.7. The Kier molecular flexibility index (Phi) is 58.1. The number of rotatable bonds is 64. The van der Waals surface area contributed by atoms with Crippen LogP contribution in [0.25, 0.3) is 0 Å². The minimum Gasteiger partial charge on any atom is -0.454 e. The van der Waals surface area contributed by atoms with Crippen molar-refractivity contribution in [2.45, 2.75) is 423 Å². The molecule has 0 aliphatic carbocycles. The van der Waals surface area contributed by atoms with Crippen LogP contribution in [0.2, 0.25) is 0 Å². The first kappa shape index (κ1) is 79.4. The van der Waals surface area contributed by atoms with Gasteiger partial charge in [-0.2, -0.15) is 0 Å². The average molecular weight is 1180 g/mol. The molecule has 8 atom stereocenters. The van der Waals surface area contributed by atoms with E-state index in [4.69, 9.17) is 14.2 Å². The molecule has 0 aromatic heterocycles. The number of nitrogens with one attached hydrogen (secondary N) is 1. The Balaban J connectivity index is 2.53. The minimum absolute atomic E-state index is 0.132. The summed E-state index contributed by atoms with van der Waals surface area (Å²) in [6, 6.07) is -1.02. The minimum atomic E-state index is -1.61. The SMILES string of the molecule is CCCCCCCCCCCCC/C=C/C(O)C(COC1OC(CO)C(O)C(O)C1OC(=O)CCCCCCCCCCCCCCCCC)NC(=O)C(O)CCCCCCCCCCCCCCCCCCCCCCCCCCCC. The van der Waals surface area contributed by atoms with Crippen LogP contribution in [-0.2, 0) is 23.8 Å². The maximum Gasteiger partial charge on any atom is 0.306 e. The molecule has 1 aliphatic heterocycles. The summed E-state index contributed by atoms with van der Waals surface area (Å²) < 4.78 is 17.7. The van der Waals surface area contributed by atoms with Crippen molar-refractivity contribution >= 4 is 11.9 Å². The summed E-state index contributed by atoms with van der Waals surface area (Å²) in [6.07, 6.45) is 61.2. The highest BCUT2D eigenvalue weighted by Gasteiger charge is 2.47. The van der Waals surface area contributed by atoms with Crippen molar-refractivity contribution < 1.29 is 49.3 Å². The summed E-state index contributed by atoms with van der Waals surface area (Å²) in [6.45, 7) is 5.86. The fourth-order valence-corrected chi connectivity index (χ4v) is 12.0. The Bertz CT molecular complexity index is 1400. The smallest absolute Gasteiger partial charge is 0.306 e. The van der Waals surface area contributed by atoms with Crippen LogP contribution < -0.4 is 5.32 Å². The maximum atomic E-state index is 13.5. The first-order valence-corrected chi connectivity index (χ1v) is 36.5. The van der Waals surface area contributed by atoms with Gasteiger partial charge in [0.2, 0.25) is 5.91 Å². The van der Waals surface area contributed by atoms with Crippen LogP contribution in [0.3, 0.4) is 0 Å². The van der Waals surface area contributed by atoms with Gasteiger partial charge in [0.1, 0.15) is 24.4 Å². The van der Waals surface area contributed by atoms with Gasteiger partial charge in [0.05, 0.1) is 25.4 Å². The van der Waals surface area contributed by atoms with Crippen LogP contribution in [0.1, 0.15) is 374 Å². The van der Waals surface area contributed by atoms with Gasteiger partial charge in [-0.05, 0) is 25.7 Å². The number of unbranched alkanes of at least 4 members (excludes halogenated alkanes) is 50. The van der Waals surface area contributed by atoms with Crippen molar-refractivity contribution in [3.8, 4) is 0 Å². The quantitative estimate of drug-likeness (QED) is 0.0195. The van der Waals surface area contributed by atoms with Gasteiger partial charge < -0.3 is 45.1 Å². The molecule has 0 aromatic carbocycles. The summed E-state index contributed by atoms with van der Waals surface area (Å²) in [5.41, 5.74) is 0. The Morgan fingerprint density at radius 1 is 0.458 bits per heavy atom. The lowest BCUT2D eigenvalue weighted by atomic mass is 9.99. The van der Waals surface area contributed by atoms with E-state index in [0.29, 0.717) is 19.3 Å². The third kappa shape index (κ3) is 48.1. The van der Waals surface area contributed by atoms with Crippen molar-refractivity contribution in [1.29, 1.82) is 0 Å². The van der Waals surface area contributed by atoms with E-state index in [1.165, 1.54) is 270 Å². The predicted molar refractivity (Wildman–Crippen MR) is 348 cm³/mol. The molecule has 492 valence electrons. The third-order valence-electron chi connectivity index (χ3n) is 17.7. The molecule has 1 saturated heterocycles. The molecule has 1 fully saturated rings. The normalized spacial score (nSPS) is 18.5. The molecular weight excluding hydrogens is 1040 g/mol. The Morgan fingerprint density at radius 2 is 0.783 bits per heavy atom. The molecule has 8 unspecified atom stereocenters. The van der Waals surface area contributed by atoms with E-state index in [1.54, 1.807) is 6.08 Å². The van der Waals surface area contributed by atoms with E-state index < -0.39 is 67.4 Å². The highest BCUT2D eigenvalue weighted by Crippen LogP contribution is 2.27. The summed E-state index contributed by atoms with van der Waals surface area (Å²) in [5.74, 6) is -1.17. The fraction of sp³-hybridized carbons (Fsp3) is 0.944. The summed E-state index contributed by atoms with van der Waals surface area (Å²) in [5, 5.41) is 57.2. The van der Waals surface area contributed by atoms with Crippen LogP contribution in [0.4, 0.5) is 0 Å². The first-order valence-electron chi connectivity index (χ1n) is 36.5. The second-order valence-corrected chi connectivity index (χ2v) is 25.7. The van der Waals surface area contributed by atoms with Crippen LogP contribution >= 0.6 is 0 Å². The number of aliphatic hydroxyl groups excluding tert-OH is 5. The summed E-state index contributed by atoms with van der Waals surface area (Å²) in [7, 11) is 0. The molecule has 0 spiro atoms. The molecule has 0 bridgehead atoms. The number of allylic oxidation sites excluding steroid dienone is 1. The number of carbonyl (C=O) groups excluding carboxylic acids is 2. The van der Waals surface area contributed by atoms with E-state index in [-0.39, 0.29) is 13.0 Å². The molecule has 1 aliphatic rings. The van der Waals surface area contributed by atoms with Crippen molar-refractivity contribution in [3.63, 3.8) is 0 Å². The van der Waals surface area contributed by atoms with Crippen LogP contribution in [0, 0.1) is 0 Å². The number of esters is 1. The van der Waals surface area contributed by atoms with Gasteiger partial charge in [-0.3, -0.25) is 9.59 Å². The molecule has 11 nitrogen and oxygen atoms in total. The zero-order chi connectivity index (χ0) is 60.3. The van der Waals surface area contributed by atoms with E-state index in [9.17, 15) is 35.1 Å². The molecule has 1 heterocycles. The number of carbonyl (C=O) groups is 2. The highest BCUT2D eigenvalue weighted by molar-refractivity contribution is 5.80. The maximum absolute atomic E-state index is 13.5. The van der Waals surface area contributed by atoms with Crippen molar-refractivity contribution in [3.05, 3.63) is 12.2 Å². The van der Waals surface area contributed by atoms with Crippen LogP contribution in [0.15, 0.2) is 12.2 Å². The van der Waals surface area contributed by atoms with Gasteiger partial charge >= 0.3 is 5.97 Å². The number of hydrogen-bond acceptors (Lipinski definition) is 10. The van der Waals surface area contributed by atoms with Crippen LogP contribution in [0.5, 0.6) is 0 Å². The topological polar surface area (TPSA) is 175 Å². The van der Waals surface area contributed by atoms with Gasteiger partial charge in [0, 0.05) is 6.42 Å². The number of amides is 1. The molecule has 11 heteroatoms. The van der Waals surface area contributed by atoms with Crippen molar-refractivity contribution in [2.75, 3.05) is 13.2 Å². The average Bonchev–Trinajstić information content (AvgIpc) is 3.66. The van der Waals surface area contributed by atoms with Gasteiger partial charge in [-0.15, -0.1) is 0 Å². The number of aliphatic hydroxyl groups is 5. The summed E-state index contributed by atoms with van der Waals surface area (Å²) in [4.78, 5) is 26.7. The van der Waals surface area contributed by atoms with Gasteiger partial charge in [0.15, 0.2) is 12.4 Å². The zero-order valence-corrected chi connectivity index (χ0v) is 54.9. The molecule has 83 heavy (non-hydrogen) atoms. The lowest BCUT2D eigenvalue weighted by molar-refractivity contribution is -0.305. The lowest BCUT2D eigenvalue weighted by Gasteiger charge is -2.41. The molecule has 0 aromatic rings. The Hall–Kier alpha value is -1.60. The van der Waals surface area contributed by atoms with Crippen molar-refractivity contribution in [1.82, 2.24) is 5.32 Å². The lowest BCUT2D eigenvalue weighted by Crippen LogP contribution is -2.61. The Labute approximate surface area is 512 Å². The number of ether oxygens (including phenoxy) is 3. The standard InChI is InChI=1S/C72H139NO10/c1-4-7-10-13-16-19-22-25-27-28-29-30-31-32-33-34-35-36-37-39-41-44-47-50-53-56-59-65(76)71(80)73-63(64(75)58-55-52-49-46-43-40-24-21-18-15-12-9-6-3)62-81-72-70(69(79)68(78)66(61-74)82-72)83-67(77)60-57-54-51-48-45-42-38-26-23-20-17-14-11-8-5-2/h55,58,63-66,68-70,72,74-76,78-79H,4-54,56-57,59-62H2,1-3H3,(H,73,80)/b58-55+. The van der Waals surface area contributed by atoms with E-state index in [2.05, 4.69) is 26.1 Å². The molecule has 0 saturated carbocycles. The molecule has 1 rings (SSSR count). The Morgan fingerprint density at radius 3 is 1.13 bits per heavy atom. The highest BCUT2D eigenvalue weighted by atomic mass is 16.7. The monoisotopic (exact) mass is 1180 g/mol. The predicted octanol–water partition coefficient (Wildman–Crippen LogP) is 18.6. The van der Waals surface area contributed by atoms with E-state index in [0.717, 1.165) is 57.8 Å². The van der Waals surface area contributed by atoms with Crippen molar-refractivity contribution in [2.24, 2.45) is 0 Å². The summed E-state index contributed by atoms with van der Waals surface area (Å²) >= 11 is 0. The number of hydrogen-bond donors (Lipinski definition) is 6. The first-order chi connectivity index (χ1) is 40.7. The van der Waals surface area contributed by atoms with Gasteiger partial charge in [-0.1, -0.05) is 354 Å². The second-order valence-electron chi connectivity index (χ2n) is 25.7. The molecule has 6 N–H and O–H groups in total. The molecule has 1 amide bonds. The van der Waals surface area contributed by atoms with E-state index >= 15 is 0 Å². The zero-order valence-electron chi connectivity index (χ0n) is 54.9. The third-order valence-corrected chi connectivity index (χ3v) is 17.7. The van der Waals surface area contributed by atoms with E-state index in [1.807, 2.05) is 6.08 Å². The van der Waals surface area contributed by atoms with Gasteiger partial charge in [0.25, 0.3) is 0 Å².